The molecule has 1 unspecified atom stereocenters. The standard InChI is InChI=1S/C18H19N3O2S/c1-8-5-10-9(2)7-18(3,4)21-13(10)11(6-8)12(16(21)23)14-15(22)20-17(19)24-14/h5-6,9H,7H2,1-4H3,(H2,19,20,22). The van der Waals surface area contributed by atoms with Gasteiger partial charge in [0, 0.05) is 11.1 Å². The molecule has 5 nitrogen and oxygen atoms in total. The number of nitrogens with zero attached hydrogens (tertiary/aromatic N) is 2. The van der Waals surface area contributed by atoms with E-state index in [1.807, 2.05) is 17.9 Å². The molecule has 0 fully saturated rings. The molecular formula is C18H19N3O2S. The zero-order chi connectivity index (χ0) is 17.4. The first-order valence-corrected chi connectivity index (χ1v) is 8.82. The number of rotatable bonds is 0. The van der Waals surface area contributed by atoms with E-state index in [2.05, 4.69) is 31.8 Å². The maximum Gasteiger partial charge on any atom is 0.287 e. The number of aryl methyl sites for hydroxylation is 1. The van der Waals surface area contributed by atoms with E-state index < -0.39 is 5.91 Å². The lowest BCUT2D eigenvalue weighted by Crippen LogP contribution is -2.49. The molecule has 2 N–H and O–H groups in total. The van der Waals surface area contributed by atoms with Crippen LogP contribution in [0.25, 0.3) is 5.57 Å². The predicted octanol–water partition coefficient (Wildman–Crippen LogP) is 2.93. The van der Waals surface area contributed by atoms with Gasteiger partial charge in [-0.15, -0.1) is 0 Å². The lowest BCUT2D eigenvalue weighted by molar-refractivity contribution is -0.115. The Balaban J connectivity index is 2.05. The molecule has 6 heteroatoms. The van der Waals surface area contributed by atoms with Crippen LogP contribution in [0.5, 0.6) is 0 Å². The highest BCUT2D eigenvalue weighted by molar-refractivity contribution is 8.18. The predicted molar refractivity (Wildman–Crippen MR) is 96.9 cm³/mol. The fourth-order valence-electron chi connectivity index (χ4n) is 4.18. The Bertz CT molecular complexity index is 882. The summed E-state index contributed by atoms with van der Waals surface area (Å²) in [5.74, 6) is -0.174. The molecular weight excluding hydrogens is 322 g/mol. The molecule has 3 aliphatic rings. The molecule has 0 spiro atoms. The van der Waals surface area contributed by atoms with Gasteiger partial charge >= 0.3 is 0 Å². The molecule has 1 atom stereocenters. The topological polar surface area (TPSA) is 75.8 Å². The first kappa shape index (κ1) is 15.4. The van der Waals surface area contributed by atoms with Crippen LogP contribution in [0.3, 0.4) is 0 Å². The minimum atomic E-state index is -0.415. The van der Waals surface area contributed by atoms with Crippen LogP contribution in [-0.4, -0.2) is 22.5 Å². The average Bonchev–Trinajstić information content (AvgIpc) is 2.92. The average molecular weight is 341 g/mol. The third kappa shape index (κ3) is 1.92. The van der Waals surface area contributed by atoms with Gasteiger partial charge in [0.1, 0.15) is 0 Å². The summed E-state index contributed by atoms with van der Waals surface area (Å²) in [5, 5.41) is 0.200. The number of thioether (sulfide) groups is 1. The summed E-state index contributed by atoms with van der Waals surface area (Å²) in [6, 6.07) is 4.15. The second-order valence-corrected chi connectivity index (χ2v) is 8.40. The van der Waals surface area contributed by atoms with Crippen molar-refractivity contribution in [3.8, 4) is 0 Å². The molecule has 3 heterocycles. The molecule has 24 heavy (non-hydrogen) atoms. The maximum absolute atomic E-state index is 13.3. The fraction of sp³-hybridized carbons (Fsp3) is 0.389. The van der Waals surface area contributed by atoms with E-state index in [1.165, 1.54) is 5.56 Å². The molecule has 4 rings (SSSR count). The van der Waals surface area contributed by atoms with E-state index in [1.54, 1.807) is 0 Å². The quantitative estimate of drug-likeness (QED) is 0.736. The van der Waals surface area contributed by atoms with E-state index in [4.69, 9.17) is 5.73 Å². The minimum absolute atomic E-state index is 0.116. The first-order chi connectivity index (χ1) is 11.2. The molecule has 0 saturated heterocycles. The lowest BCUT2D eigenvalue weighted by atomic mass is 9.80. The van der Waals surface area contributed by atoms with Gasteiger partial charge in [0.2, 0.25) is 0 Å². The fourth-order valence-corrected chi connectivity index (χ4v) is 4.95. The van der Waals surface area contributed by atoms with Crippen LogP contribution < -0.4 is 10.6 Å². The van der Waals surface area contributed by atoms with Gasteiger partial charge in [-0.3, -0.25) is 9.59 Å². The van der Waals surface area contributed by atoms with Crippen LogP contribution in [0, 0.1) is 6.92 Å². The summed E-state index contributed by atoms with van der Waals surface area (Å²) in [7, 11) is 0. The second-order valence-electron chi connectivity index (χ2n) is 7.37. The number of anilines is 1. The highest BCUT2D eigenvalue weighted by atomic mass is 32.2. The van der Waals surface area contributed by atoms with E-state index >= 15 is 0 Å². The Hall–Kier alpha value is -2.08. The minimum Gasteiger partial charge on any atom is -0.378 e. The van der Waals surface area contributed by atoms with Crippen molar-refractivity contribution in [2.45, 2.75) is 45.6 Å². The highest BCUT2D eigenvalue weighted by Gasteiger charge is 2.49. The Kier molecular flexibility index (Phi) is 3.04. The molecule has 3 aliphatic heterocycles. The summed E-state index contributed by atoms with van der Waals surface area (Å²) in [5.41, 5.74) is 9.92. The van der Waals surface area contributed by atoms with Crippen molar-refractivity contribution in [3.63, 3.8) is 0 Å². The van der Waals surface area contributed by atoms with Crippen molar-refractivity contribution >= 4 is 40.0 Å². The number of carbonyl (C=O) groups is 2. The molecule has 1 aromatic rings. The Morgan fingerprint density at radius 2 is 2.04 bits per heavy atom. The van der Waals surface area contributed by atoms with Gasteiger partial charge in [0.25, 0.3) is 11.8 Å². The zero-order valence-corrected chi connectivity index (χ0v) is 15.0. The second kappa shape index (κ2) is 4.72. The SMILES string of the molecule is Cc1cc2c3c(c1)C(C)CC(C)(C)N3C(=O)C2=C1SC(N)=NC1=O. The van der Waals surface area contributed by atoms with Gasteiger partial charge in [0.05, 0.1) is 16.2 Å². The maximum atomic E-state index is 13.3. The number of amides is 2. The van der Waals surface area contributed by atoms with Crippen molar-refractivity contribution in [1.29, 1.82) is 0 Å². The molecule has 0 bridgehead atoms. The number of nitrogens with two attached hydrogens (primary N) is 1. The van der Waals surface area contributed by atoms with Crippen molar-refractivity contribution < 1.29 is 9.59 Å². The zero-order valence-electron chi connectivity index (χ0n) is 14.1. The van der Waals surface area contributed by atoms with E-state index in [0.717, 1.165) is 35.0 Å². The molecule has 0 aliphatic carbocycles. The Morgan fingerprint density at radius 3 is 2.67 bits per heavy atom. The monoisotopic (exact) mass is 341 g/mol. The van der Waals surface area contributed by atoms with Crippen molar-refractivity contribution in [2.24, 2.45) is 10.7 Å². The number of hydrogen-bond donors (Lipinski definition) is 1. The molecule has 1 aromatic carbocycles. The van der Waals surface area contributed by atoms with Crippen LogP contribution in [-0.2, 0) is 9.59 Å². The number of amidine groups is 1. The summed E-state index contributed by atoms with van der Waals surface area (Å²) in [6.07, 6.45) is 0.886. The normalized spacial score (nSPS) is 27.6. The largest absolute Gasteiger partial charge is 0.378 e. The van der Waals surface area contributed by atoms with Crippen LogP contribution in [0.1, 0.15) is 49.8 Å². The number of benzene rings is 1. The number of carbonyl (C=O) groups excluding carboxylic acids is 2. The molecule has 0 radical (unpaired) electrons. The smallest absolute Gasteiger partial charge is 0.287 e. The summed E-state index contributed by atoms with van der Waals surface area (Å²) in [6.45, 7) is 8.37. The van der Waals surface area contributed by atoms with E-state index in [-0.39, 0.29) is 16.6 Å². The van der Waals surface area contributed by atoms with Gasteiger partial charge in [-0.1, -0.05) is 18.6 Å². The number of hydrogen-bond acceptors (Lipinski definition) is 4. The molecule has 0 saturated carbocycles. The van der Waals surface area contributed by atoms with Gasteiger partial charge in [-0.2, -0.15) is 4.99 Å². The van der Waals surface area contributed by atoms with Gasteiger partial charge in [-0.05, 0) is 56.5 Å². The summed E-state index contributed by atoms with van der Waals surface area (Å²) in [4.78, 5) is 31.5. The third-order valence-electron chi connectivity index (χ3n) is 4.98. The molecule has 0 aromatic heterocycles. The Labute approximate surface area is 145 Å². The van der Waals surface area contributed by atoms with E-state index in [9.17, 15) is 9.59 Å². The summed E-state index contributed by atoms with van der Waals surface area (Å²) >= 11 is 1.09. The van der Waals surface area contributed by atoms with Crippen molar-refractivity contribution in [1.82, 2.24) is 0 Å². The third-order valence-corrected chi connectivity index (χ3v) is 5.86. The van der Waals surface area contributed by atoms with Crippen LogP contribution in [0.2, 0.25) is 0 Å². The molecule has 2 amide bonds. The molecule has 124 valence electrons. The van der Waals surface area contributed by atoms with Crippen LogP contribution in [0.15, 0.2) is 22.0 Å². The summed E-state index contributed by atoms with van der Waals surface area (Å²) < 4.78 is 0. The number of aliphatic imine (C=N–C) groups is 1. The van der Waals surface area contributed by atoms with Gasteiger partial charge in [-0.25, -0.2) is 0 Å². The van der Waals surface area contributed by atoms with Crippen molar-refractivity contribution in [3.05, 3.63) is 33.7 Å². The van der Waals surface area contributed by atoms with E-state index in [0.29, 0.717) is 16.4 Å². The first-order valence-electron chi connectivity index (χ1n) is 8.01. The van der Waals surface area contributed by atoms with Crippen molar-refractivity contribution in [2.75, 3.05) is 4.90 Å². The Morgan fingerprint density at radius 1 is 1.33 bits per heavy atom. The van der Waals surface area contributed by atoms with Gasteiger partial charge < -0.3 is 10.6 Å². The van der Waals surface area contributed by atoms with Crippen LogP contribution >= 0.6 is 11.8 Å². The van der Waals surface area contributed by atoms with Gasteiger partial charge in [0.15, 0.2) is 5.17 Å². The highest BCUT2D eigenvalue weighted by Crippen LogP contribution is 2.53. The van der Waals surface area contributed by atoms with Crippen LogP contribution in [0.4, 0.5) is 5.69 Å². The lowest BCUT2D eigenvalue weighted by Gasteiger charge is -2.43.